The quantitative estimate of drug-likeness (QED) is 0.0754. The molecule has 0 heterocycles. The average Bonchev–Trinajstić information content (AvgIpc) is 4.14. The number of hydrogen-bond donors (Lipinski definition) is 2. The molecule has 0 atom stereocenters. The van der Waals surface area contributed by atoms with Crippen molar-refractivity contribution in [2.45, 2.75) is 11.0 Å². The third-order valence-electron chi connectivity index (χ3n) is 23.6. The predicted molar refractivity (Wildman–Crippen MR) is 266 cm³/mol. The minimum Gasteiger partial charge on any atom is -0.411 e. The van der Waals surface area contributed by atoms with E-state index in [4.69, 9.17) is 0 Å². The van der Waals surface area contributed by atoms with E-state index in [0.717, 1.165) is 11.1 Å². The normalized spacial score (nSPS) is 22.9. The standard InChI is InChI=1S/C61H3NO2/c63-61-58-52-46-36-24-16-8-4-2-3-6-10(8)18(24)28-22-14(6)15-7(3)11-9-5(2)13-12(4)20-26(16)34-40-30(20)31-21(13)27-17(9)25-19(11)29-23(15)33-32(22)44(38(28)46)54(58)55-45(33)39(29)47-37(25)43-35(27)41(31)49-48(40)56(50(52)42(34)36)60(61,1-62-64)57(49)51(43)53(47)59(55)61/h1,63-64H/b62-1+. The van der Waals surface area contributed by atoms with Crippen LogP contribution in [0.2, 0.25) is 0 Å². The summed E-state index contributed by atoms with van der Waals surface area (Å²) in [6.45, 7) is 0. The molecule has 0 bridgehead atoms. The average molecular weight is 782 g/mol. The van der Waals surface area contributed by atoms with Gasteiger partial charge in [-0.25, -0.2) is 0 Å². The van der Waals surface area contributed by atoms with Crippen LogP contribution in [0.1, 0.15) is 22.3 Å². The monoisotopic (exact) mass is 781 g/mol. The van der Waals surface area contributed by atoms with Crippen molar-refractivity contribution in [3.8, 4) is 0 Å². The van der Waals surface area contributed by atoms with Gasteiger partial charge in [0, 0.05) is 11.1 Å². The van der Waals surface area contributed by atoms with Gasteiger partial charge in [-0.15, -0.1) is 5.16 Å². The van der Waals surface area contributed by atoms with Gasteiger partial charge in [0.25, 0.3) is 0 Å². The zero-order valence-corrected chi connectivity index (χ0v) is 31.9. The second kappa shape index (κ2) is 4.93. The number of rotatable bonds is 1. The Morgan fingerprint density at radius 2 is 0.328 bits per heavy atom. The Hall–Kier alpha value is -8.11. The molecular formula is C61H3NO2. The zero-order chi connectivity index (χ0) is 37.9. The van der Waals surface area contributed by atoms with Crippen molar-refractivity contribution < 1.29 is 10.3 Å². The molecule has 0 aliphatic heterocycles. The number of oxime groups is 1. The molecule has 0 amide bonds. The molecule has 0 saturated heterocycles. The number of hydrogen-bond acceptors (Lipinski definition) is 3. The van der Waals surface area contributed by atoms with E-state index in [1.54, 1.807) is 97.0 Å². The molecule has 4 aliphatic carbocycles. The lowest BCUT2D eigenvalue weighted by Crippen LogP contribution is -2.53. The number of benzene rings is 18. The molecule has 0 radical (unpaired) electrons. The van der Waals surface area contributed by atoms with Crippen molar-refractivity contribution in [1.29, 1.82) is 0 Å². The Labute approximate surface area is 344 Å². The second-order valence-electron chi connectivity index (χ2n) is 23.5. The predicted octanol–water partition coefficient (Wildman–Crippen LogP) is 15.7. The molecule has 0 fully saturated rings. The molecule has 3 nitrogen and oxygen atoms in total. The van der Waals surface area contributed by atoms with E-state index in [-0.39, 0.29) is 0 Å². The van der Waals surface area contributed by atoms with E-state index < -0.39 is 11.0 Å². The fourth-order valence-corrected chi connectivity index (χ4v) is 23.6. The third-order valence-corrected chi connectivity index (χ3v) is 23.6. The van der Waals surface area contributed by atoms with Gasteiger partial charge in [0.1, 0.15) is 5.60 Å². The van der Waals surface area contributed by atoms with Gasteiger partial charge in [-0.2, -0.15) is 0 Å². The number of aliphatic hydroxyl groups is 1. The van der Waals surface area contributed by atoms with Gasteiger partial charge in [0.15, 0.2) is 0 Å². The summed E-state index contributed by atoms with van der Waals surface area (Å²) in [7, 11) is 0. The molecule has 32 rings (SSSR count). The van der Waals surface area contributed by atoms with Gasteiger partial charge in [-0.05, 0) is 302 Å². The molecule has 2 N–H and O–H groups in total. The van der Waals surface area contributed by atoms with E-state index >= 15 is 5.11 Å². The highest BCUT2D eigenvalue weighted by atomic mass is 16.4. The van der Waals surface area contributed by atoms with Crippen LogP contribution in [0.5, 0.6) is 0 Å². The summed E-state index contributed by atoms with van der Waals surface area (Å²) < 4.78 is 0. The van der Waals surface area contributed by atoms with Gasteiger partial charge in [0.05, 0.1) is 11.6 Å². The summed E-state index contributed by atoms with van der Waals surface area (Å²) >= 11 is 0. The molecule has 64 heavy (non-hydrogen) atoms. The van der Waals surface area contributed by atoms with E-state index in [0.29, 0.717) is 0 Å². The maximum Gasteiger partial charge on any atom is 0.136 e. The van der Waals surface area contributed by atoms with Crippen molar-refractivity contribution in [3.63, 3.8) is 0 Å². The zero-order valence-electron chi connectivity index (χ0n) is 31.9. The van der Waals surface area contributed by atoms with E-state index in [9.17, 15) is 5.21 Å². The van der Waals surface area contributed by atoms with Crippen LogP contribution in [0.15, 0.2) is 5.16 Å². The van der Waals surface area contributed by atoms with Gasteiger partial charge in [0.2, 0.25) is 0 Å². The topological polar surface area (TPSA) is 52.8 Å². The molecule has 28 aromatic carbocycles. The second-order valence-corrected chi connectivity index (χ2v) is 23.5. The first kappa shape index (κ1) is 22.8. The lowest BCUT2D eigenvalue weighted by molar-refractivity contribution is 0.0489. The highest BCUT2D eigenvalue weighted by Gasteiger charge is 2.69. The summed E-state index contributed by atoms with van der Waals surface area (Å²) in [6.07, 6.45) is 1.89. The largest absolute Gasteiger partial charge is 0.411 e. The summed E-state index contributed by atoms with van der Waals surface area (Å²) in [4.78, 5) is 0. The van der Waals surface area contributed by atoms with Crippen molar-refractivity contribution >= 4 is 297 Å². The van der Waals surface area contributed by atoms with E-state index in [2.05, 4.69) is 5.16 Å². The third kappa shape index (κ3) is 1.11. The van der Waals surface area contributed by atoms with Crippen molar-refractivity contribution in [2.24, 2.45) is 5.16 Å². The minimum atomic E-state index is -1.45. The van der Waals surface area contributed by atoms with Crippen molar-refractivity contribution in [2.75, 3.05) is 0 Å². The smallest absolute Gasteiger partial charge is 0.136 e. The van der Waals surface area contributed by atoms with Crippen LogP contribution in [0.25, 0.3) is 291 Å². The first-order valence-electron chi connectivity index (χ1n) is 23.5. The first-order chi connectivity index (χ1) is 31.8. The van der Waals surface area contributed by atoms with Gasteiger partial charge in [-0.3, -0.25) is 0 Å². The molecule has 3 heteroatoms. The van der Waals surface area contributed by atoms with Crippen LogP contribution < -0.4 is 0 Å². The van der Waals surface area contributed by atoms with Gasteiger partial charge >= 0.3 is 0 Å². The van der Waals surface area contributed by atoms with Gasteiger partial charge in [-0.1, -0.05) is 0 Å². The maximum absolute atomic E-state index is 15.4. The molecule has 28 aromatic rings. The molecule has 0 spiro atoms. The molecular weight excluding hydrogens is 779 g/mol. The lowest BCUT2D eigenvalue weighted by Gasteiger charge is -2.48. The highest BCUT2D eigenvalue weighted by molar-refractivity contribution is 6.82. The summed E-state index contributed by atoms with van der Waals surface area (Å²) in [5, 5.41) is 112. The SMILES string of the molecule is O/N=C/C12c3c4c5c6c7c8c(c9c%10c1c1c3c3c%11c4c4c5c5c7c7c%12c8c8c9c9c%10c%10c1c1c3c3c%11c%11c4c4c5c7c5c7c%12c8c8c9c9c%10c1c1c3c3c%11c4c5c4c7c8c9c1c34)C62O. The molecule has 0 unspecified atom stereocenters. The Balaban J connectivity index is 1.31. The first-order valence-corrected chi connectivity index (χ1v) is 23.5. The van der Waals surface area contributed by atoms with Crippen LogP contribution in [0.3, 0.4) is 0 Å². The molecule has 264 valence electrons. The molecule has 4 aliphatic rings. The Morgan fingerprint density at radius 3 is 0.469 bits per heavy atom. The van der Waals surface area contributed by atoms with E-state index in [1.807, 2.05) is 6.21 Å². The van der Waals surface area contributed by atoms with E-state index in [1.165, 1.54) is 205 Å². The highest BCUT2D eigenvalue weighted by Crippen LogP contribution is 2.83. The fraction of sp³-hybridized carbons (Fsp3) is 0.0328. The maximum atomic E-state index is 15.4. The molecule has 0 saturated carbocycles. The fourth-order valence-electron chi connectivity index (χ4n) is 23.6. The summed E-state index contributed by atoms with van der Waals surface area (Å²) in [5.41, 5.74) is 2.24. The number of nitrogens with zero attached hydrogens (tertiary/aromatic N) is 1. The molecule has 0 aromatic heterocycles. The summed E-state index contributed by atoms with van der Waals surface area (Å²) in [5.74, 6) is 0. The van der Waals surface area contributed by atoms with Crippen LogP contribution in [-0.2, 0) is 11.0 Å². The minimum absolute atomic E-state index is 1.09. The van der Waals surface area contributed by atoms with Crippen molar-refractivity contribution in [1.82, 2.24) is 0 Å². The van der Waals surface area contributed by atoms with Crippen LogP contribution in [0, 0.1) is 0 Å². The van der Waals surface area contributed by atoms with Crippen molar-refractivity contribution in [3.05, 3.63) is 22.3 Å². The van der Waals surface area contributed by atoms with Crippen LogP contribution in [-0.4, -0.2) is 16.5 Å². The Kier molecular flexibility index (Phi) is 1.76. The lowest BCUT2D eigenvalue weighted by atomic mass is 9.55. The van der Waals surface area contributed by atoms with Crippen LogP contribution >= 0.6 is 0 Å². The summed E-state index contributed by atoms with van der Waals surface area (Å²) in [6, 6.07) is 0. The van der Waals surface area contributed by atoms with Gasteiger partial charge < -0.3 is 10.3 Å². The van der Waals surface area contributed by atoms with Crippen LogP contribution in [0.4, 0.5) is 0 Å². The Bertz CT molecular complexity index is 6780. The Morgan fingerprint density at radius 1 is 0.203 bits per heavy atom.